The van der Waals surface area contributed by atoms with E-state index in [4.69, 9.17) is 4.74 Å². The average Bonchev–Trinajstić information content (AvgIpc) is 2.55. The summed E-state index contributed by atoms with van der Waals surface area (Å²) < 4.78 is 29.9. The third kappa shape index (κ3) is 3.51. The van der Waals surface area contributed by atoms with Crippen LogP contribution in [0.4, 0.5) is 5.69 Å². The molecule has 24 heavy (non-hydrogen) atoms. The molecule has 130 valence electrons. The molecule has 2 amide bonds. The molecule has 0 bridgehead atoms. The van der Waals surface area contributed by atoms with Crippen molar-refractivity contribution in [3.05, 3.63) is 24.3 Å². The van der Waals surface area contributed by atoms with Crippen molar-refractivity contribution in [2.45, 2.75) is 12.5 Å². The largest absolute Gasteiger partial charge is 0.478 e. The number of carbonyl (C=O) groups excluding carboxylic acids is 2. The van der Waals surface area contributed by atoms with Crippen LogP contribution >= 0.6 is 0 Å². The predicted molar refractivity (Wildman–Crippen MR) is 87.1 cm³/mol. The number of para-hydroxylation sites is 2. The molecule has 1 saturated heterocycles. The Bertz CT molecular complexity index is 756. The van der Waals surface area contributed by atoms with Gasteiger partial charge in [0.25, 0.3) is 5.91 Å². The average molecular weight is 353 g/mol. The molecule has 3 rings (SSSR count). The van der Waals surface area contributed by atoms with E-state index in [0.29, 0.717) is 24.5 Å². The summed E-state index contributed by atoms with van der Waals surface area (Å²) in [5, 5.41) is 2.72. The van der Waals surface area contributed by atoms with Gasteiger partial charge >= 0.3 is 0 Å². The van der Waals surface area contributed by atoms with Crippen LogP contribution < -0.4 is 10.1 Å². The molecular formula is C15H19N3O5S. The van der Waals surface area contributed by atoms with Crippen molar-refractivity contribution in [1.82, 2.24) is 9.21 Å². The lowest BCUT2D eigenvalue weighted by atomic mass is 10.1. The van der Waals surface area contributed by atoms with E-state index in [9.17, 15) is 18.0 Å². The summed E-state index contributed by atoms with van der Waals surface area (Å²) in [6, 6.07) is 7.04. The Balaban J connectivity index is 1.59. The molecule has 1 aromatic carbocycles. The van der Waals surface area contributed by atoms with Crippen LogP contribution in [-0.2, 0) is 19.6 Å². The Labute approximate surface area is 140 Å². The number of nitrogens with zero attached hydrogens (tertiary/aromatic N) is 2. The molecular weight excluding hydrogens is 334 g/mol. The van der Waals surface area contributed by atoms with Gasteiger partial charge in [-0.3, -0.25) is 9.59 Å². The Hall–Kier alpha value is -2.13. The van der Waals surface area contributed by atoms with Gasteiger partial charge in [-0.1, -0.05) is 12.1 Å². The van der Waals surface area contributed by atoms with Gasteiger partial charge in [0.15, 0.2) is 6.10 Å². The summed E-state index contributed by atoms with van der Waals surface area (Å²) in [6.45, 7) is 1.17. The molecule has 0 spiro atoms. The molecule has 0 aliphatic carbocycles. The normalized spacial score (nSPS) is 21.6. The zero-order chi connectivity index (χ0) is 17.3. The Morgan fingerprint density at radius 3 is 2.58 bits per heavy atom. The van der Waals surface area contributed by atoms with Crippen LogP contribution in [-0.4, -0.2) is 68.0 Å². The smallest absolute Gasteiger partial charge is 0.266 e. The highest BCUT2D eigenvalue weighted by Crippen LogP contribution is 2.29. The van der Waals surface area contributed by atoms with Crippen LogP contribution in [0.15, 0.2) is 24.3 Å². The number of fused-ring (bicyclic) bond motifs is 1. The fraction of sp³-hybridized carbons (Fsp3) is 0.467. The van der Waals surface area contributed by atoms with Crippen molar-refractivity contribution < 1.29 is 22.7 Å². The third-order valence-corrected chi connectivity index (χ3v) is 5.43. The lowest BCUT2D eigenvalue weighted by Gasteiger charge is -2.34. The second kappa shape index (κ2) is 6.40. The highest BCUT2D eigenvalue weighted by Gasteiger charge is 2.33. The number of amides is 2. The van der Waals surface area contributed by atoms with Gasteiger partial charge in [-0.05, 0) is 12.1 Å². The summed E-state index contributed by atoms with van der Waals surface area (Å²) in [6.07, 6.45) is 0.210. The number of piperazine rings is 1. The molecule has 2 aliphatic heterocycles. The summed E-state index contributed by atoms with van der Waals surface area (Å²) in [5.41, 5.74) is 0.591. The van der Waals surface area contributed by atoms with Crippen molar-refractivity contribution in [2.24, 2.45) is 0 Å². The molecule has 1 atom stereocenters. The topological polar surface area (TPSA) is 96.0 Å². The maximum atomic E-state index is 12.4. The number of anilines is 1. The standard InChI is InChI=1S/C15H19N3O5S/c1-24(21,22)18-8-6-17(7-9-18)14(19)10-13-15(20)16-11-4-2-3-5-12(11)23-13/h2-5,13H,6-10H2,1H3,(H,16,20)/t13-/m0/s1. The summed E-state index contributed by atoms with van der Waals surface area (Å²) >= 11 is 0. The third-order valence-electron chi connectivity index (χ3n) is 4.13. The molecule has 1 fully saturated rings. The summed E-state index contributed by atoms with van der Waals surface area (Å²) in [7, 11) is -3.24. The van der Waals surface area contributed by atoms with Crippen LogP contribution in [0.1, 0.15) is 6.42 Å². The van der Waals surface area contributed by atoms with E-state index in [0.717, 1.165) is 6.26 Å². The van der Waals surface area contributed by atoms with Gasteiger partial charge in [0, 0.05) is 26.2 Å². The van der Waals surface area contributed by atoms with E-state index in [1.54, 1.807) is 29.2 Å². The Kier molecular flexibility index (Phi) is 4.46. The highest BCUT2D eigenvalue weighted by atomic mass is 32.2. The zero-order valence-electron chi connectivity index (χ0n) is 13.3. The first-order valence-corrected chi connectivity index (χ1v) is 9.49. The fourth-order valence-corrected chi connectivity index (χ4v) is 3.61. The number of ether oxygens (including phenoxy) is 1. The van der Waals surface area contributed by atoms with Gasteiger partial charge in [0.1, 0.15) is 5.75 Å². The second-order valence-corrected chi connectivity index (χ2v) is 7.82. The van der Waals surface area contributed by atoms with E-state index < -0.39 is 16.1 Å². The van der Waals surface area contributed by atoms with Crippen molar-refractivity contribution in [3.8, 4) is 5.75 Å². The molecule has 9 heteroatoms. The first kappa shape index (κ1) is 16.7. The van der Waals surface area contributed by atoms with Crippen LogP contribution in [0.3, 0.4) is 0 Å². The van der Waals surface area contributed by atoms with Crippen LogP contribution in [0.25, 0.3) is 0 Å². The van der Waals surface area contributed by atoms with Crippen molar-refractivity contribution in [3.63, 3.8) is 0 Å². The van der Waals surface area contributed by atoms with Crippen LogP contribution in [0.2, 0.25) is 0 Å². The maximum absolute atomic E-state index is 12.4. The lowest BCUT2D eigenvalue weighted by molar-refractivity contribution is -0.138. The number of carbonyl (C=O) groups is 2. The molecule has 2 aliphatic rings. The molecule has 1 aromatic rings. The molecule has 1 N–H and O–H groups in total. The molecule has 0 saturated carbocycles. The van der Waals surface area contributed by atoms with Gasteiger partial charge < -0.3 is 15.0 Å². The highest BCUT2D eigenvalue weighted by molar-refractivity contribution is 7.88. The first-order chi connectivity index (χ1) is 11.3. The van der Waals surface area contributed by atoms with E-state index in [1.165, 1.54) is 4.31 Å². The van der Waals surface area contributed by atoms with Gasteiger partial charge in [-0.15, -0.1) is 0 Å². The minimum absolute atomic E-state index is 0.0704. The van der Waals surface area contributed by atoms with Crippen molar-refractivity contribution >= 4 is 27.5 Å². The predicted octanol–water partition coefficient (Wildman–Crippen LogP) is -0.120. The number of nitrogens with one attached hydrogen (secondary N) is 1. The van der Waals surface area contributed by atoms with Gasteiger partial charge in [-0.2, -0.15) is 4.31 Å². The number of sulfonamides is 1. The minimum atomic E-state index is -3.24. The summed E-state index contributed by atoms with van der Waals surface area (Å²) in [5.74, 6) is -0.0312. The Morgan fingerprint density at radius 1 is 1.25 bits per heavy atom. The van der Waals surface area contributed by atoms with E-state index in [-0.39, 0.29) is 31.3 Å². The van der Waals surface area contributed by atoms with Crippen molar-refractivity contribution in [1.29, 1.82) is 0 Å². The van der Waals surface area contributed by atoms with E-state index in [1.807, 2.05) is 0 Å². The molecule has 0 aromatic heterocycles. The van der Waals surface area contributed by atoms with Crippen molar-refractivity contribution in [2.75, 3.05) is 37.8 Å². The first-order valence-electron chi connectivity index (χ1n) is 7.64. The summed E-state index contributed by atoms with van der Waals surface area (Å²) in [4.78, 5) is 26.0. The molecule has 8 nitrogen and oxygen atoms in total. The fourth-order valence-electron chi connectivity index (χ4n) is 2.78. The van der Waals surface area contributed by atoms with Crippen LogP contribution in [0.5, 0.6) is 5.75 Å². The van der Waals surface area contributed by atoms with E-state index in [2.05, 4.69) is 5.32 Å². The molecule has 2 heterocycles. The zero-order valence-corrected chi connectivity index (χ0v) is 14.1. The van der Waals surface area contributed by atoms with Gasteiger partial charge in [0.05, 0.1) is 18.4 Å². The SMILES string of the molecule is CS(=O)(=O)N1CCN(C(=O)C[C@@H]2Oc3ccccc3NC2=O)CC1. The monoisotopic (exact) mass is 353 g/mol. The quantitative estimate of drug-likeness (QED) is 0.817. The lowest BCUT2D eigenvalue weighted by Crippen LogP contribution is -2.51. The van der Waals surface area contributed by atoms with Gasteiger partial charge in [-0.25, -0.2) is 8.42 Å². The Morgan fingerprint density at radius 2 is 1.92 bits per heavy atom. The maximum Gasteiger partial charge on any atom is 0.266 e. The minimum Gasteiger partial charge on any atom is -0.478 e. The van der Waals surface area contributed by atoms with Crippen LogP contribution in [0, 0.1) is 0 Å². The number of benzene rings is 1. The molecule has 0 radical (unpaired) electrons. The number of hydrogen-bond donors (Lipinski definition) is 1. The molecule has 0 unspecified atom stereocenters. The van der Waals surface area contributed by atoms with E-state index >= 15 is 0 Å². The van der Waals surface area contributed by atoms with Gasteiger partial charge in [0.2, 0.25) is 15.9 Å². The second-order valence-electron chi connectivity index (χ2n) is 5.84. The number of hydrogen-bond acceptors (Lipinski definition) is 5. The number of rotatable bonds is 3.